The molecule has 0 N–H and O–H groups in total. The molecule has 0 radical (unpaired) electrons. The first kappa shape index (κ1) is 11.2. The Labute approximate surface area is 101 Å². The lowest BCUT2D eigenvalue weighted by Crippen LogP contribution is -2.45. The fourth-order valence-corrected chi connectivity index (χ4v) is 2.52. The van der Waals surface area contributed by atoms with Crippen molar-refractivity contribution in [2.75, 3.05) is 13.1 Å². The van der Waals surface area contributed by atoms with E-state index >= 15 is 0 Å². The predicted molar refractivity (Wildman–Crippen MR) is 67.9 cm³/mol. The van der Waals surface area contributed by atoms with Crippen LogP contribution < -0.4 is 0 Å². The van der Waals surface area contributed by atoms with Crippen LogP contribution in [0.15, 0.2) is 22.7 Å². The van der Waals surface area contributed by atoms with Gasteiger partial charge in [0.05, 0.1) is 0 Å². The summed E-state index contributed by atoms with van der Waals surface area (Å²) in [7, 11) is 0. The molecule has 1 fully saturated rings. The number of hydrogen-bond donors (Lipinski definition) is 0. The van der Waals surface area contributed by atoms with Gasteiger partial charge in [0, 0.05) is 24.1 Å². The average molecular weight is 268 g/mol. The third-order valence-corrected chi connectivity index (χ3v) is 3.81. The van der Waals surface area contributed by atoms with E-state index in [1.54, 1.807) is 0 Å². The maximum Gasteiger partial charge on any atom is 0.0237 e. The van der Waals surface area contributed by atoms with Gasteiger partial charge in [-0.3, -0.25) is 4.90 Å². The molecule has 0 aromatic heterocycles. The van der Waals surface area contributed by atoms with E-state index in [1.807, 2.05) is 0 Å². The molecule has 1 aromatic carbocycles. The molecule has 1 saturated heterocycles. The first-order valence-corrected chi connectivity index (χ1v) is 6.45. The van der Waals surface area contributed by atoms with Crippen molar-refractivity contribution in [2.45, 2.75) is 26.8 Å². The molecule has 2 heteroatoms. The smallest absolute Gasteiger partial charge is 0.0237 e. The lowest BCUT2D eigenvalue weighted by atomic mass is 9.96. The van der Waals surface area contributed by atoms with Gasteiger partial charge in [0.15, 0.2) is 0 Å². The molecule has 1 aromatic rings. The highest BCUT2D eigenvalue weighted by molar-refractivity contribution is 9.10. The van der Waals surface area contributed by atoms with Crippen LogP contribution in [0, 0.1) is 12.8 Å². The Balaban J connectivity index is 1.97. The Morgan fingerprint density at radius 3 is 2.80 bits per heavy atom. The summed E-state index contributed by atoms with van der Waals surface area (Å²) in [6, 6.07) is 6.55. The molecule has 0 unspecified atom stereocenters. The Bertz CT molecular complexity index is 342. The van der Waals surface area contributed by atoms with Crippen LogP contribution in [0.5, 0.6) is 0 Å². The van der Waals surface area contributed by atoms with Crippen LogP contribution in [-0.2, 0) is 6.54 Å². The fraction of sp³-hybridized carbons (Fsp3) is 0.538. The number of halogens is 1. The number of rotatable bonds is 3. The van der Waals surface area contributed by atoms with E-state index in [9.17, 15) is 0 Å². The number of hydrogen-bond acceptors (Lipinski definition) is 1. The minimum absolute atomic E-state index is 0.942. The number of likely N-dealkylation sites (tertiary alicyclic amines) is 1. The third-order valence-electron chi connectivity index (χ3n) is 3.32. The molecule has 1 nitrogen and oxygen atoms in total. The number of nitrogens with zero attached hydrogens (tertiary/aromatic N) is 1. The van der Waals surface area contributed by atoms with Crippen molar-refractivity contribution in [1.82, 2.24) is 4.90 Å². The van der Waals surface area contributed by atoms with E-state index in [4.69, 9.17) is 0 Å². The van der Waals surface area contributed by atoms with Gasteiger partial charge in [0.25, 0.3) is 0 Å². The van der Waals surface area contributed by atoms with Gasteiger partial charge in [-0.1, -0.05) is 35.3 Å². The van der Waals surface area contributed by atoms with Crippen LogP contribution >= 0.6 is 15.9 Å². The van der Waals surface area contributed by atoms with E-state index in [-0.39, 0.29) is 0 Å². The molecule has 0 spiro atoms. The van der Waals surface area contributed by atoms with Gasteiger partial charge in [-0.2, -0.15) is 0 Å². The summed E-state index contributed by atoms with van der Waals surface area (Å²) in [5.41, 5.74) is 2.86. The van der Waals surface area contributed by atoms with Crippen LogP contribution in [0.25, 0.3) is 0 Å². The quantitative estimate of drug-likeness (QED) is 0.809. The Morgan fingerprint density at radius 2 is 2.13 bits per heavy atom. The van der Waals surface area contributed by atoms with E-state index < -0.39 is 0 Å². The molecule has 2 rings (SSSR count). The summed E-state index contributed by atoms with van der Waals surface area (Å²) >= 11 is 3.53. The summed E-state index contributed by atoms with van der Waals surface area (Å²) in [6.45, 7) is 8.15. The molecule has 1 aliphatic rings. The summed E-state index contributed by atoms with van der Waals surface area (Å²) in [4.78, 5) is 2.53. The molecule has 0 saturated carbocycles. The topological polar surface area (TPSA) is 3.24 Å². The Morgan fingerprint density at radius 1 is 1.40 bits per heavy atom. The minimum atomic E-state index is 0.942. The number of aryl methyl sites for hydroxylation is 1. The van der Waals surface area contributed by atoms with Gasteiger partial charge in [-0.25, -0.2) is 0 Å². The first-order valence-electron chi connectivity index (χ1n) is 5.66. The maximum absolute atomic E-state index is 3.53. The van der Waals surface area contributed by atoms with Gasteiger partial charge < -0.3 is 0 Å². The van der Waals surface area contributed by atoms with Gasteiger partial charge in [0.2, 0.25) is 0 Å². The highest BCUT2D eigenvalue weighted by Gasteiger charge is 2.24. The Kier molecular flexibility index (Phi) is 3.47. The van der Waals surface area contributed by atoms with Crippen LogP contribution in [0.1, 0.15) is 24.5 Å². The molecule has 1 heterocycles. The van der Waals surface area contributed by atoms with E-state index in [0.29, 0.717) is 0 Å². The van der Waals surface area contributed by atoms with Crippen molar-refractivity contribution in [3.63, 3.8) is 0 Å². The van der Waals surface area contributed by atoms with Crippen molar-refractivity contribution in [3.05, 3.63) is 33.8 Å². The zero-order chi connectivity index (χ0) is 10.8. The first-order chi connectivity index (χ1) is 7.19. The normalized spacial score (nSPS) is 17.8. The second kappa shape index (κ2) is 4.67. The SMILES string of the molecule is CCC1CN(Cc2cc(Br)ccc2C)C1. The zero-order valence-electron chi connectivity index (χ0n) is 9.46. The van der Waals surface area contributed by atoms with Crippen LogP contribution in [-0.4, -0.2) is 18.0 Å². The molecule has 0 bridgehead atoms. The minimum Gasteiger partial charge on any atom is -0.298 e. The molecule has 1 aliphatic heterocycles. The molecular formula is C13H18BrN. The van der Waals surface area contributed by atoms with Crippen LogP contribution in [0.2, 0.25) is 0 Å². The molecule has 82 valence electrons. The average Bonchev–Trinajstić information content (AvgIpc) is 2.16. The number of benzene rings is 1. The molecule has 15 heavy (non-hydrogen) atoms. The predicted octanol–water partition coefficient (Wildman–Crippen LogP) is 3.60. The highest BCUT2D eigenvalue weighted by Crippen LogP contribution is 2.23. The summed E-state index contributed by atoms with van der Waals surface area (Å²) < 4.78 is 1.19. The standard InChI is InChI=1S/C13H18BrN/c1-3-11-7-15(8-11)9-12-6-13(14)5-4-10(12)2/h4-6,11H,3,7-9H2,1-2H3. The van der Waals surface area contributed by atoms with Crippen molar-refractivity contribution in [1.29, 1.82) is 0 Å². The van der Waals surface area contributed by atoms with E-state index in [0.717, 1.165) is 12.5 Å². The van der Waals surface area contributed by atoms with Crippen LogP contribution in [0.3, 0.4) is 0 Å². The van der Waals surface area contributed by atoms with Gasteiger partial charge in [0.1, 0.15) is 0 Å². The lowest BCUT2D eigenvalue weighted by Gasteiger charge is -2.39. The van der Waals surface area contributed by atoms with E-state index in [2.05, 4.69) is 52.9 Å². The second-order valence-electron chi connectivity index (χ2n) is 4.54. The molecule has 0 atom stereocenters. The van der Waals surface area contributed by atoms with Gasteiger partial charge in [-0.15, -0.1) is 0 Å². The van der Waals surface area contributed by atoms with Gasteiger partial charge >= 0.3 is 0 Å². The largest absolute Gasteiger partial charge is 0.298 e. The van der Waals surface area contributed by atoms with Crippen molar-refractivity contribution < 1.29 is 0 Å². The summed E-state index contributed by atoms with van der Waals surface area (Å²) in [6.07, 6.45) is 1.33. The summed E-state index contributed by atoms with van der Waals surface area (Å²) in [5, 5.41) is 0. The monoisotopic (exact) mass is 267 g/mol. The lowest BCUT2D eigenvalue weighted by molar-refractivity contribution is 0.0897. The van der Waals surface area contributed by atoms with Crippen LogP contribution in [0.4, 0.5) is 0 Å². The van der Waals surface area contributed by atoms with Crippen molar-refractivity contribution >= 4 is 15.9 Å². The second-order valence-corrected chi connectivity index (χ2v) is 5.45. The van der Waals surface area contributed by atoms with Gasteiger partial charge in [-0.05, 0) is 36.1 Å². The molecule has 0 aliphatic carbocycles. The zero-order valence-corrected chi connectivity index (χ0v) is 11.0. The fourth-order valence-electron chi connectivity index (χ4n) is 2.12. The maximum atomic E-state index is 3.53. The van der Waals surface area contributed by atoms with Crippen molar-refractivity contribution in [2.24, 2.45) is 5.92 Å². The molecule has 0 amide bonds. The summed E-state index contributed by atoms with van der Waals surface area (Å²) in [5.74, 6) is 0.942. The van der Waals surface area contributed by atoms with Crippen molar-refractivity contribution in [3.8, 4) is 0 Å². The Hall–Kier alpha value is -0.340. The molecular weight excluding hydrogens is 250 g/mol. The third kappa shape index (κ3) is 2.61. The highest BCUT2D eigenvalue weighted by atomic mass is 79.9. The van der Waals surface area contributed by atoms with E-state index in [1.165, 1.54) is 35.1 Å².